The van der Waals surface area contributed by atoms with Gasteiger partial charge in [0.25, 0.3) is 0 Å². The highest BCUT2D eigenvalue weighted by Gasteiger charge is 2.26. The van der Waals surface area contributed by atoms with Gasteiger partial charge in [-0.3, -0.25) is 4.79 Å². The third-order valence-corrected chi connectivity index (χ3v) is 4.94. The fourth-order valence-corrected chi connectivity index (χ4v) is 3.53. The van der Waals surface area contributed by atoms with Crippen LogP contribution in [0.15, 0.2) is 18.2 Å². The maximum absolute atomic E-state index is 12.2. The largest absolute Gasteiger partial charge is 0.377 e. The average molecular weight is 340 g/mol. The van der Waals surface area contributed by atoms with Crippen LogP contribution in [0.5, 0.6) is 0 Å². The lowest BCUT2D eigenvalue weighted by atomic mass is 10.1. The summed E-state index contributed by atoms with van der Waals surface area (Å²) in [7, 11) is -3.46. The summed E-state index contributed by atoms with van der Waals surface area (Å²) in [5.41, 5.74) is 2.76. The second kappa shape index (κ2) is 7.42. The van der Waals surface area contributed by atoms with Crippen LogP contribution in [0, 0.1) is 13.8 Å². The lowest BCUT2D eigenvalue weighted by Crippen LogP contribution is -2.41. The molecule has 0 bridgehead atoms. The number of aryl methyl sites for hydroxylation is 2. The van der Waals surface area contributed by atoms with Gasteiger partial charge in [-0.15, -0.1) is 0 Å². The van der Waals surface area contributed by atoms with E-state index in [-0.39, 0.29) is 25.1 Å². The Morgan fingerprint density at radius 1 is 1.30 bits per heavy atom. The van der Waals surface area contributed by atoms with Crippen LogP contribution < -0.4 is 5.32 Å². The van der Waals surface area contributed by atoms with Gasteiger partial charge in [0.1, 0.15) is 0 Å². The molecule has 6 nitrogen and oxygen atoms in total. The van der Waals surface area contributed by atoms with Crippen molar-refractivity contribution in [2.24, 2.45) is 0 Å². The van der Waals surface area contributed by atoms with Crippen molar-refractivity contribution in [3.05, 3.63) is 29.3 Å². The number of ether oxygens (including phenoxy) is 1. The molecule has 128 valence electrons. The van der Waals surface area contributed by atoms with Gasteiger partial charge in [-0.25, -0.2) is 8.42 Å². The van der Waals surface area contributed by atoms with E-state index in [1.54, 1.807) is 0 Å². The van der Waals surface area contributed by atoms with Crippen LogP contribution in [0.4, 0.5) is 5.69 Å². The van der Waals surface area contributed by atoms with Gasteiger partial charge in [0.2, 0.25) is 15.9 Å². The van der Waals surface area contributed by atoms with Gasteiger partial charge in [-0.05, 0) is 49.9 Å². The van der Waals surface area contributed by atoms with Gasteiger partial charge in [0, 0.05) is 18.8 Å². The Bertz CT molecular complexity index is 646. The first-order valence-electron chi connectivity index (χ1n) is 7.69. The number of amides is 1. The molecule has 2 rings (SSSR count). The van der Waals surface area contributed by atoms with Crippen molar-refractivity contribution in [1.29, 1.82) is 0 Å². The third-order valence-electron chi connectivity index (χ3n) is 3.73. The van der Waals surface area contributed by atoms with E-state index in [1.165, 1.54) is 4.31 Å². The van der Waals surface area contributed by atoms with E-state index < -0.39 is 10.0 Å². The standard InChI is InChI=1S/C16H24N2O4S/c1-12-7-13(2)9-14(8-12)17-16(19)11-18(23(3,20)21)10-15-5-4-6-22-15/h7-9,15H,4-6,10-11H2,1-3H3,(H,17,19). The van der Waals surface area contributed by atoms with E-state index >= 15 is 0 Å². The Morgan fingerprint density at radius 2 is 1.96 bits per heavy atom. The number of benzene rings is 1. The molecule has 1 saturated heterocycles. The molecule has 7 heteroatoms. The number of nitrogens with one attached hydrogen (secondary N) is 1. The van der Waals surface area contributed by atoms with Crippen molar-refractivity contribution in [1.82, 2.24) is 4.31 Å². The molecule has 0 aromatic heterocycles. The first-order chi connectivity index (χ1) is 10.7. The number of sulfonamides is 1. The molecule has 1 amide bonds. The molecule has 0 aliphatic carbocycles. The molecule has 0 saturated carbocycles. The van der Waals surface area contributed by atoms with Crippen molar-refractivity contribution >= 4 is 21.6 Å². The average Bonchev–Trinajstić information content (AvgIpc) is 2.88. The molecule has 1 aromatic carbocycles. The molecule has 0 radical (unpaired) electrons. The molecular weight excluding hydrogens is 316 g/mol. The fraction of sp³-hybridized carbons (Fsp3) is 0.562. The summed E-state index contributed by atoms with van der Waals surface area (Å²) in [6, 6.07) is 5.72. The second-order valence-electron chi connectivity index (χ2n) is 6.12. The summed E-state index contributed by atoms with van der Waals surface area (Å²) in [4.78, 5) is 12.2. The van der Waals surface area contributed by atoms with E-state index in [2.05, 4.69) is 5.32 Å². The highest BCUT2D eigenvalue weighted by molar-refractivity contribution is 7.88. The van der Waals surface area contributed by atoms with Crippen LogP contribution >= 0.6 is 0 Å². The third kappa shape index (κ3) is 5.60. The lowest BCUT2D eigenvalue weighted by Gasteiger charge is -2.22. The van der Waals surface area contributed by atoms with Crippen LogP contribution in [0.3, 0.4) is 0 Å². The minimum absolute atomic E-state index is 0.126. The zero-order valence-electron chi connectivity index (χ0n) is 13.8. The summed E-state index contributed by atoms with van der Waals surface area (Å²) in [5, 5.41) is 2.77. The number of rotatable bonds is 6. The summed E-state index contributed by atoms with van der Waals surface area (Å²) < 4.78 is 30.5. The number of anilines is 1. The summed E-state index contributed by atoms with van der Waals surface area (Å²) in [6.45, 7) is 4.56. The molecule has 1 N–H and O–H groups in total. The Hall–Kier alpha value is -1.44. The maximum Gasteiger partial charge on any atom is 0.239 e. The number of carbonyl (C=O) groups excluding carboxylic acids is 1. The van der Waals surface area contributed by atoms with E-state index in [1.807, 2.05) is 32.0 Å². The number of hydrogen-bond donors (Lipinski definition) is 1. The smallest absolute Gasteiger partial charge is 0.239 e. The predicted octanol–water partition coefficient (Wildman–Crippen LogP) is 1.68. The van der Waals surface area contributed by atoms with Gasteiger partial charge in [0.15, 0.2) is 0 Å². The van der Waals surface area contributed by atoms with Crippen molar-refractivity contribution < 1.29 is 17.9 Å². The van der Waals surface area contributed by atoms with Crippen LogP contribution in [-0.4, -0.2) is 50.7 Å². The summed E-state index contributed by atoms with van der Waals surface area (Å²) in [5.74, 6) is -0.349. The molecule has 1 heterocycles. The molecule has 1 aliphatic rings. The normalized spacial score (nSPS) is 18.3. The van der Waals surface area contributed by atoms with Crippen LogP contribution in [0.2, 0.25) is 0 Å². The van der Waals surface area contributed by atoms with Gasteiger partial charge in [0.05, 0.1) is 18.9 Å². The number of carbonyl (C=O) groups is 1. The molecule has 1 fully saturated rings. The van der Waals surface area contributed by atoms with Crippen LogP contribution in [0.25, 0.3) is 0 Å². The van der Waals surface area contributed by atoms with Gasteiger partial charge in [-0.1, -0.05) is 6.07 Å². The second-order valence-corrected chi connectivity index (χ2v) is 8.10. The molecule has 1 aliphatic heterocycles. The minimum Gasteiger partial charge on any atom is -0.377 e. The number of hydrogen-bond acceptors (Lipinski definition) is 4. The molecular formula is C16H24N2O4S. The Kier molecular flexibility index (Phi) is 5.78. The van der Waals surface area contributed by atoms with Crippen molar-refractivity contribution in [2.75, 3.05) is 31.3 Å². The first-order valence-corrected chi connectivity index (χ1v) is 9.54. The topological polar surface area (TPSA) is 75.7 Å². The fourth-order valence-electron chi connectivity index (χ4n) is 2.74. The predicted molar refractivity (Wildman–Crippen MR) is 89.9 cm³/mol. The zero-order chi connectivity index (χ0) is 17.0. The molecule has 1 atom stereocenters. The Morgan fingerprint density at radius 3 is 2.48 bits per heavy atom. The monoisotopic (exact) mass is 340 g/mol. The molecule has 1 unspecified atom stereocenters. The minimum atomic E-state index is -3.46. The van der Waals surface area contributed by atoms with E-state index in [0.29, 0.717) is 12.3 Å². The highest BCUT2D eigenvalue weighted by Crippen LogP contribution is 2.16. The van der Waals surface area contributed by atoms with Crippen molar-refractivity contribution in [3.63, 3.8) is 0 Å². The lowest BCUT2D eigenvalue weighted by molar-refractivity contribution is -0.116. The van der Waals surface area contributed by atoms with Gasteiger partial charge >= 0.3 is 0 Å². The van der Waals surface area contributed by atoms with Crippen molar-refractivity contribution in [3.8, 4) is 0 Å². The SMILES string of the molecule is Cc1cc(C)cc(NC(=O)CN(CC2CCCO2)S(C)(=O)=O)c1. The molecule has 23 heavy (non-hydrogen) atoms. The van der Waals surface area contributed by atoms with Crippen molar-refractivity contribution in [2.45, 2.75) is 32.8 Å². The highest BCUT2D eigenvalue weighted by atomic mass is 32.2. The molecule has 1 aromatic rings. The van der Waals surface area contributed by atoms with Crippen LogP contribution in [-0.2, 0) is 19.6 Å². The Labute approximate surface area is 137 Å². The quantitative estimate of drug-likeness (QED) is 0.855. The first kappa shape index (κ1) is 17.9. The maximum atomic E-state index is 12.2. The molecule has 0 spiro atoms. The zero-order valence-corrected chi connectivity index (χ0v) is 14.6. The van der Waals surface area contributed by atoms with E-state index in [4.69, 9.17) is 4.74 Å². The Balaban J connectivity index is 2.01. The van der Waals surface area contributed by atoms with Gasteiger partial charge < -0.3 is 10.1 Å². The summed E-state index contributed by atoms with van der Waals surface area (Å²) >= 11 is 0. The summed E-state index contributed by atoms with van der Waals surface area (Å²) in [6.07, 6.45) is 2.74. The number of nitrogens with zero attached hydrogens (tertiary/aromatic N) is 1. The van der Waals surface area contributed by atoms with Gasteiger partial charge in [-0.2, -0.15) is 4.31 Å². The van der Waals surface area contributed by atoms with E-state index in [0.717, 1.165) is 30.2 Å². The van der Waals surface area contributed by atoms with E-state index in [9.17, 15) is 13.2 Å². The van der Waals surface area contributed by atoms with Crippen LogP contribution in [0.1, 0.15) is 24.0 Å².